The summed E-state index contributed by atoms with van der Waals surface area (Å²) < 4.78 is 6.96. The molecule has 0 aromatic heterocycles. The van der Waals surface area contributed by atoms with Gasteiger partial charge in [0.15, 0.2) is 0 Å². The summed E-state index contributed by atoms with van der Waals surface area (Å²) in [5.74, 6) is 2.72. The van der Waals surface area contributed by atoms with Crippen molar-refractivity contribution in [1.29, 1.82) is 0 Å². The SMILES string of the molecule is CC1(C)OC2(C3CC(CO)CC(CC4CCC(N)[NH2+]C4)C3)CCC1C([NH3+])(CCO)C2. The molecule has 2 aliphatic carbocycles. The minimum Gasteiger partial charge on any atom is -0.396 e. The monoisotopic (exact) mass is 425 g/mol. The van der Waals surface area contributed by atoms with Gasteiger partial charge in [-0.05, 0) is 76.5 Å². The molecule has 3 saturated heterocycles. The van der Waals surface area contributed by atoms with Gasteiger partial charge in [0.25, 0.3) is 0 Å². The maximum absolute atomic E-state index is 10.1. The van der Waals surface area contributed by atoms with Gasteiger partial charge in [-0.1, -0.05) is 0 Å². The molecule has 3 heterocycles. The number of quaternary nitrogens is 2. The largest absolute Gasteiger partial charge is 0.396 e. The van der Waals surface area contributed by atoms with Crippen molar-refractivity contribution in [2.75, 3.05) is 19.8 Å². The first-order chi connectivity index (χ1) is 14.2. The number of fused-ring (bicyclic) bond motifs is 3. The highest BCUT2D eigenvalue weighted by Crippen LogP contribution is 2.59. The van der Waals surface area contributed by atoms with Gasteiger partial charge in [0, 0.05) is 44.3 Å². The molecule has 30 heavy (non-hydrogen) atoms. The second-order valence-electron chi connectivity index (χ2n) is 12.0. The zero-order valence-electron chi connectivity index (χ0n) is 19.3. The van der Waals surface area contributed by atoms with Crippen molar-refractivity contribution >= 4 is 0 Å². The summed E-state index contributed by atoms with van der Waals surface area (Å²) >= 11 is 0. The lowest BCUT2D eigenvalue weighted by Crippen LogP contribution is -2.95. The van der Waals surface area contributed by atoms with Crippen molar-refractivity contribution in [3.63, 3.8) is 0 Å². The number of aliphatic hydroxyl groups excluding tert-OH is 2. The first-order valence-corrected chi connectivity index (χ1v) is 12.6. The van der Waals surface area contributed by atoms with Crippen LogP contribution in [0.15, 0.2) is 0 Å². The van der Waals surface area contributed by atoms with E-state index >= 15 is 0 Å². The van der Waals surface area contributed by atoms with Crippen LogP contribution in [0.25, 0.3) is 0 Å². The number of nitrogens with two attached hydrogens (primary N) is 2. The third-order valence-corrected chi connectivity index (χ3v) is 9.41. The fourth-order valence-corrected chi connectivity index (χ4v) is 8.24. The minimum atomic E-state index is -0.191. The zero-order chi connectivity index (χ0) is 21.6. The van der Waals surface area contributed by atoms with Gasteiger partial charge in [-0.25, -0.2) is 0 Å². The summed E-state index contributed by atoms with van der Waals surface area (Å²) in [5, 5.41) is 22.2. The third-order valence-electron chi connectivity index (χ3n) is 9.41. The van der Waals surface area contributed by atoms with Gasteiger partial charge in [-0.2, -0.15) is 0 Å². The molecule has 9 N–H and O–H groups in total. The molecule has 0 radical (unpaired) electrons. The van der Waals surface area contributed by atoms with Crippen molar-refractivity contribution in [2.45, 2.75) is 101 Å². The molecule has 2 saturated carbocycles. The minimum absolute atomic E-state index is 0.0924. The molecule has 0 aromatic rings. The van der Waals surface area contributed by atoms with Crippen molar-refractivity contribution in [2.24, 2.45) is 35.3 Å². The van der Waals surface area contributed by atoms with Crippen LogP contribution in [-0.2, 0) is 4.74 Å². The summed E-state index contributed by atoms with van der Waals surface area (Å²) in [6.07, 6.45) is 11.4. The topological polar surface area (TPSA) is 120 Å². The molecule has 6 nitrogen and oxygen atoms in total. The van der Waals surface area contributed by atoms with Crippen molar-refractivity contribution in [3.8, 4) is 0 Å². The summed E-state index contributed by atoms with van der Waals surface area (Å²) in [4.78, 5) is 0. The summed E-state index contributed by atoms with van der Waals surface area (Å²) in [5.41, 5.74) is 10.4. The lowest BCUT2D eigenvalue weighted by molar-refractivity contribution is -0.703. The fourth-order valence-electron chi connectivity index (χ4n) is 8.24. The average Bonchev–Trinajstić information content (AvgIpc) is 2.68. The quantitative estimate of drug-likeness (QED) is 0.422. The maximum Gasteiger partial charge on any atom is 0.137 e. The van der Waals surface area contributed by atoms with E-state index in [-0.39, 0.29) is 29.5 Å². The molecule has 0 amide bonds. The lowest BCUT2D eigenvalue weighted by Gasteiger charge is -2.64. The van der Waals surface area contributed by atoms with E-state index in [1.165, 1.54) is 19.3 Å². The van der Waals surface area contributed by atoms with E-state index in [9.17, 15) is 10.2 Å². The predicted molar refractivity (Wildman–Crippen MR) is 116 cm³/mol. The Morgan fingerprint density at radius 1 is 1.07 bits per heavy atom. The van der Waals surface area contributed by atoms with E-state index in [4.69, 9.17) is 16.2 Å². The Morgan fingerprint density at radius 2 is 1.83 bits per heavy atom. The van der Waals surface area contributed by atoms with Crippen molar-refractivity contribution in [3.05, 3.63) is 0 Å². The summed E-state index contributed by atoms with van der Waals surface area (Å²) in [6, 6.07) is 0. The molecular formula is C24H47N3O3+2. The van der Waals surface area contributed by atoms with E-state index in [1.807, 2.05) is 0 Å². The van der Waals surface area contributed by atoms with E-state index in [0.717, 1.165) is 57.4 Å². The summed E-state index contributed by atoms with van der Waals surface area (Å²) in [7, 11) is 0. The molecule has 0 aromatic carbocycles. The first kappa shape index (κ1) is 22.9. The lowest BCUT2D eigenvalue weighted by atomic mass is 9.52. The van der Waals surface area contributed by atoms with Crippen molar-refractivity contribution in [1.82, 2.24) is 0 Å². The van der Waals surface area contributed by atoms with Gasteiger partial charge in [0.2, 0.25) is 0 Å². The first-order valence-electron chi connectivity index (χ1n) is 12.6. The van der Waals surface area contributed by atoms with Crippen LogP contribution in [0.2, 0.25) is 0 Å². The van der Waals surface area contributed by atoms with E-state index < -0.39 is 0 Å². The Labute approximate surface area is 182 Å². The second kappa shape index (κ2) is 8.60. The number of rotatable bonds is 6. The van der Waals surface area contributed by atoms with Gasteiger partial charge >= 0.3 is 0 Å². The van der Waals surface area contributed by atoms with Crippen LogP contribution in [0.4, 0.5) is 0 Å². The van der Waals surface area contributed by atoms with E-state index in [2.05, 4.69) is 19.2 Å². The van der Waals surface area contributed by atoms with Crippen LogP contribution in [-0.4, -0.2) is 52.9 Å². The molecular weight excluding hydrogens is 378 g/mol. The Morgan fingerprint density at radius 3 is 2.47 bits per heavy atom. The molecule has 5 fully saturated rings. The van der Waals surface area contributed by atoms with Gasteiger partial charge in [-0.3, -0.25) is 5.73 Å². The molecule has 3 aliphatic heterocycles. The Bertz CT molecular complexity index is 594. The molecule has 0 spiro atoms. The number of piperidine rings is 1. The molecule has 5 rings (SSSR count). The van der Waals surface area contributed by atoms with Crippen LogP contribution < -0.4 is 16.8 Å². The van der Waals surface area contributed by atoms with E-state index in [1.54, 1.807) is 0 Å². The van der Waals surface area contributed by atoms with Gasteiger partial charge < -0.3 is 26.0 Å². The molecule has 6 heteroatoms. The fraction of sp³-hybridized carbons (Fsp3) is 1.00. The highest BCUT2D eigenvalue weighted by Gasteiger charge is 2.65. The highest BCUT2D eigenvalue weighted by molar-refractivity contribution is 5.13. The predicted octanol–water partition coefficient (Wildman–Crippen LogP) is 0.370. The van der Waals surface area contributed by atoms with Crippen LogP contribution in [0.5, 0.6) is 0 Å². The van der Waals surface area contributed by atoms with Gasteiger partial charge in [0.1, 0.15) is 11.7 Å². The number of aliphatic hydroxyl groups is 2. The average molecular weight is 426 g/mol. The smallest absolute Gasteiger partial charge is 0.137 e. The highest BCUT2D eigenvalue weighted by atomic mass is 16.5. The zero-order valence-corrected chi connectivity index (χ0v) is 19.3. The number of hydrogen-bond acceptors (Lipinski definition) is 4. The van der Waals surface area contributed by atoms with Crippen LogP contribution in [0.3, 0.4) is 0 Å². The van der Waals surface area contributed by atoms with Gasteiger partial charge in [0.05, 0.1) is 17.7 Å². The standard InChI is InChI=1S/C24H45N3O3/c1-22(2)20-5-6-24(30-22,15-23(20,26)7-8-28)19-11-17(10-18(12-19)14-29)9-16-3-4-21(25)27-13-16/h16-21,27-29H,3-15,25-26H2,1-2H3/p+2. The Balaban J connectivity index is 1.52. The van der Waals surface area contributed by atoms with Crippen molar-refractivity contribution < 1.29 is 26.0 Å². The molecule has 8 unspecified atom stereocenters. The number of hydrogen-bond donors (Lipinski definition) is 5. The Hall–Kier alpha value is -0.240. The number of ether oxygens (including phenoxy) is 1. The van der Waals surface area contributed by atoms with Crippen LogP contribution in [0, 0.1) is 29.6 Å². The summed E-state index contributed by atoms with van der Waals surface area (Å²) in [6.45, 7) is 6.14. The van der Waals surface area contributed by atoms with Gasteiger partial charge in [-0.15, -0.1) is 0 Å². The molecule has 2 bridgehead atoms. The molecule has 8 atom stereocenters. The second-order valence-corrected chi connectivity index (χ2v) is 12.0. The maximum atomic E-state index is 10.1. The van der Waals surface area contributed by atoms with Crippen LogP contribution >= 0.6 is 0 Å². The molecule has 5 aliphatic rings. The van der Waals surface area contributed by atoms with Crippen LogP contribution in [0.1, 0.15) is 78.1 Å². The third kappa shape index (κ3) is 4.33. The normalized spacial score (nSPS) is 48.6. The Kier molecular flexibility index (Phi) is 6.58. The van der Waals surface area contributed by atoms with E-state index in [0.29, 0.717) is 30.3 Å². The molecule has 174 valence electrons.